The van der Waals surface area contributed by atoms with Gasteiger partial charge in [-0.25, -0.2) is 4.39 Å². The zero-order valence-electron chi connectivity index (χ0n) is 10.5. The fourth-order valence-electron chi connectivity index (χ4n) is 1.67. The summed E-state index contributed by atoms with van der Waals surface area (Å²) in [5, 5.41) is 0. The number of hydrogen-bond acceptors (Lipinski definition) is 2. The van der Waals surface area contributed by atoms with Gasteiger partial charge in [0.25, 0.3) is 0 Å². The van der Waals surface area contributed by atoms with Crippen LogP contribution in [0.25, 0.3) is 0 Å². The molecule has 0 saturated carbocycles. The van der Waals surface area contributed by atoms with Crippen LogP contribution >= 0.6 is 0 Å². The van der Waals surface area contributed by atoms with E-state index in [0.717, 1.165) is 12.1 Å². The zero-order valence-corrected chi connectivity index (χ0v) is 10.5. The van der Waals surface area contributed by atoms with Gasteiger partial charge in [-0.1, -0.05) is 0 Å². The molecule has 2 rings (SSSR count). The lowest BCUT2D eigenvalue weighted by Crippen LogP contribution is -2.05. The maximum Gasteiger partial charge on any atom is 0.416 e. The Bertz CT molecular complexity index is 638. The number of ether oxygens (including phenoxy) is 1. The number of halogens is 4. The molecule has 2 nitrogen and oxygen atoms in total. The smallest absolute Gasteiger partial charge is 0.416 e. The Hall–Kier alpha value is -2.24. The van der Waals surface area contributed by atoms with Gasteiger partial charge < -0.3 is 10.5 Å². The largest absolute Gasteiger partial charge is 0.454 e. The van der Waals surface area contributed by atoms with E-state index in [1.807, 2.05) is 0 Å². The van der Waals surface area contributed by atoms with Crippen LogP contribution in [-0.4, -0.2) is 0 Å². The minimum atomic E-state index is -4.59. The first-order valence-corrected chi connectivity index (χ1v) is 5.68. The predicted molar refractivity (Wildman–Crippen MR) is 67.1 cm³/mol. The summed E-state index contributed by atoms with van der Waals surface area (Å²) in [5.74, 6) is -1.01. The van der Waals surface area contributed by atoms with E-state index < -0.39 is 17.6 Å². The number of alkyl halides is 3. The highest BCUT2D eigenvalue weighted by molar-refractivity contribution is 5.48. The van der Waals surface area contributed by atoms with E-state index in [2.05, 4.69) is 0 Å². The Labute approximate surface area is 112 Å². The van der Waals surface area contributed by atoms with Gasteiger partial charge in [-0.3, -0.25) is 0 Å². The molecule has 0 amide bonds. The number of rotatable bonds is 2. The molecule has 2 aromatic carbocycles. The molecule has 6 heteroatoms. The molecule has 0 bridgehead atoms. The lowest BCUT2D eigenvalue weighted by Gasteiger charge is -2.12. The van der Waals surface area contributed by atoms with E-state index in [-0.39, 0.29) is 5.75 Å². The maximum absolute atomic E-state index is 13.6. The van der Waals surface area contributed by atoms with E-state index in [0.29, 0.717) is 23.1 Å². The average molecular weight is 285 g/mol. The number of nitrogen functional groups attached to an aromatic ring is 1. The van der Waals surface area contributed by atoms with Crippen molar-refractivity contribution >= 4 is 5.69 Å². The molecule has 0 atom stereocenters. The molecule has 0 aliphatic carbocycles. The second-order valence-electron chi connectivity index (χ2n) is 4.27. The quantitative estimate of drug-likeness (QED) is 0.650. The molecule has 0 aromatic heterocycles. The van der Waals surface area contributed by atoms with Crippen LogP contribution in [0.3, 0.4) is 0 Å². The van der Waals surface area contributed by atoms with Crippen LogP contribution in [0.1, 0.15) is 11.1 Å². The van der Waals surface area contributed by atoms with Crippen molar-refractivity contribution in [3.63, 3.8) is 0 Å². The number of anilines is 1. The molecule has 20 heavy (non-hydrogen) atoms. The second kappa shape index (κ2) is 5.03. The molecular weight excluding hydrogens is 274 g/mol. The first-order valence-electron chi connectivity index (χ1n) is 5.68. The SMILES string of the molecule is Cc1cc(N)ccc1Oc1ccc(C(F)(F)F)cc1F. The van der Waals surface area contributed by atoms with Crippen molar-refractivity contribution in [3.8, 4) is 11.5 Å². The first kappa shape index (κ1) is 14.2. The summed E-state index contributed by atoms with van der Waals surface area (Å²) in [4.78, 5) is 0. The van der Waals surface area contributed by atoms with Crippen LogP contribution in [0.5, 0.6) is 11.5 Å². The summed E-state index contributed by atoms with van der Waals surface area (Å²) in [5.41, 5.74) is 5.68. The van der Waals surface area contributed by atoms with Gasteiger partial charge >= 0.3 is 6.18 Å². The highest BCUT2D eigenvalue weighted by Gasteiger charge is 2.31. The molecule has 0 aliphatic rings. The number of benzene rings is 2. The topological polar surface area (TPSA) is 35.2 Å². The van der Waals surface area contributed by atoms with E-state index in [4.69, 9.17) is 10.5 Å². The third kappa shape index (κ3) is 3.01. The minimum Gasteiger partial charge on any atom is -0.454 e. The van der Waals surface area contributed by atoms with E-state index in [1.54, 1.807) is 19.1 Å². The van der Waals surface area contributed by atoms with Crippen molar-refractivity contribution in [2.75, 3.05) is 5.73 Å². The van der Waals surface area contributed by atoms with Gasteiger partial charge in [-0.2, -0.15) is 13.2 Å². The molecule has 0 spiro atoms. The zero-order chi connectivity index (χ0) is 14.9. The summed E-state index contributed by atoms with van der Waals surface area (Å²) in [6.45, 7) is 1.70. The van der Waals surface area contributed by atoms with Crippen molar-refractivity contribution < 1.29 is 22.3 Å². The van der Waals surface area contributed by atoms with Crippen molar-refractivity contribution in [1.29, 1.82) is 0 Å². The van der Waals surface area contributed by atoms with Crippen LogP contribution in [0.4, 0.5) is 23.2 Å². The molecule has 0 unspecified atom stereocenters. The monoisotopic (exact) mass is 285 g/mol. The number of hydrogen-bond donors (Lipinski definition) is 1. The molecule has 0 radical (unpaired) electrons. The average Bonchev–Trinajstić information content (AvgIpc) is 2.33. The third-order valence-electron chi connectivity index (χ3n) is 2.68. The van der Waals surface area contributed by atoms with E-state index in [9.17, 15) is 17.6 Å². The molecular formula is C14H11F4NO. The van der Waals surface area contributed by atoms with Crippen LogP contribution in [-0.2, 0) is 6.18 Å². The summed E-state index contributed by atoms with van der Waals surface area (Å²) in [6.07, 6.45) is -4.59. The van der Waals surface area contributed by atoms with Crippen LogP contribution < -0.4 is 10.5 Å². The molecule has 0 fully saturated rings. The van der Waals surface area contributed by atoms with Crippen LogP contribution in [0, 0.1) is 12.7 Å². The van der Waals surface area contributed by atoms with Crippen molar-refractivity contribution in [1.82, 2.24) is 0 Å². The molecule has 0 saturated heterocycles. The first-order chi connectivity index (χ1) is 9.27. The van der Waals surface area contributed by atoms with E-state index >= 15 is 0 Å². The van der Waals surface area contributed by atoms with Gasteiger partial charge in [-0.05, 0) is 48.9 Å². The summed E-state index contributed by atoms with van der Waals surface area (Å²) in [6, 6.07) is 6.84. The van der Waals surface area contributed by atoms with Crippen LogP contribution in [0.2, 0.25) is 0 Å². The Kier molecular flexibility index (Phi) is 3.57. The Morgan fingerprint density at radius 3 is 2.20 bits per heavy atom. The fourth-order valence-corrected chi connectivity index (χ4v) is 1.67. The standard InChI is InChI=1S/C14H11F4NO/c1-8-6-10(19)3-5-12(8)20-13-4-2-9(7-11(13)15)14(16,17)18/h2-7H,19H2,1H3. The van der Waals surface area contributed by atoms with Crippen LogP contribution in [0.15, 0.2) is 36.4 Å². The van der Waals surface area contributed by atoms with E-state index in [1.165, 1.54) is 6.07 Å². The maximum atomic E-state index is 13.6. The molecule has 2 N–H and O–H groups in total. The van der Waals surface area contributed by atoms with Gasteiger partial charge in [0.2, 0.25) is 0 Å². The summed E-state index contributed by atoms with van der Waals surface area (Å²) in [7, 11) is 0. The Morgan fingerprint density at radius 1 is 1.00 bits per heavy atom. The molecule has 0 aliphatic heterocycles. The summed E-state index contributed by atoms with van der Waals surface area (Å²) < 4.78 is 56.1. The minimum absolute atomic E-state index is 0.272. The molecule has 2 aromatic rings. The van der Waals surface area contributed by atoms with Crippen molar-refractivity contribution in [2.24, 2.45) is 0 Å². The molecule has 0 heterocycles. The Balaban J connectivity index is 2.30. The van der Waals surface area contributed by atoms with Gasteiger partial charge in [0.1, 0.15) is 5.75 Å². The van der Waals surface area contributed by atoms with Crippen molar-refractivity contribution in [3.05, 3.63) is 53.3 Å². The highest BCUT2D eigenvalue weighted by atomic mass is 19.4. The number of aryl methyl sites for hydroxylation is 1. The second-order valence-corrected chi connectivity index (χ2v) is 4.27. The van der Waals surface area contributed by atoms with Gasteiger partial charge in [-0.15, -0.1) is 0 Å². The third-order valence-corrected chi connectivity index (χ3v) is 2.68. The predicted octanol–water partition coefficient (Wildman–Crippen LogP) is 4.53. The fraction of sp³-hybridized carbons (Fsp3) is 0.143. The highest BCUT2D eigenvalue weighted by Crippen LogP contribution is 2.34. The molecule has 106 valence electrons. The van der Waals surface area contributed by atoms with Gasteiger partial charge in [0.05, 0.1) is 5.56 Å². The summed E-state index contributed by atoms with van der Waals surface area (Å²) >= 11 is 0. The van der Waals surface area contributed by atoms with Gasteiger partial charge in [0.15, 0.2) is 11.6 Å². The lowest BCUT2D eigenvalue weighted by atomic mass is 10.2. The van der Waals surface area contributed by atoms with Gasteiger partial charge in [0, 0.05) is 5.69 Å². The number of nitrogens with two attached hydrogens (primary N) is 1. The normalized spacial score (nSPS) is 11.4. The lowest BCUT2D eigenvalue weighted by molar-refractivity contribution is -0.137. The Morgan fingerprint density at radius 2 is 1.65 bits per heavy atom. The van der Waals surface area contributed by atoms with Crippen molar-refractivity contribution in [2.45, 2.75) is 13.1 Å².